The lowest BCUT2D eigenvalue weighted by Crippen LogP contribution is -2.43. The van der Waals surface area contributed by atoms with Gasteiger partial charge in [-0.2, -0.15) is 5.10 Å². The number of rotatable bonds is 4. The van der Waals surface area contributed by atoms with E-state index < -0.39 is 23.4 Å². The SMILES string of the molecule is CN(CCN(C(=O)OC(C)(C)C)c1ccn2ncc(Br)c2n1)C(=O)OC(C)(C)C. The van der Waals surface area contributed by atoms with E-state index in [0.29, 0.717) is 15.9 Å². The molecule has 2 rings (SSSR count). The van der Waals surface area contributed by atoms with Crippen molar-refractivity contribution < 1.29 is 19.1 Å². The molecule has 2 amide bonds. The van der Waals surface area contributed by atoms with Gasteiger partial charge in [0, 0.05) is 26.3 Å². The second-order valence-electron chi connectivity index (χ2n) is 8.58. The Balaban J connectivity index is 2.24. The number of aromatic nitrogens is 3. The van der Waals surface area contributed by atoms with Gasteiger partial charge in [0.1, 0.15) is 17.0 Å². The Morgan fingerprint density at radius 3 is 2.24 bits per heavy atom. The van der Waals surface area contributed by atoms with Gasteiger partial charge in [-0.1, -0.05) is 0 Å². The Labute approximate surface area is 179 Å². The van der Waals surface area contributed by atoms with Crippen LogP contribution in [0, 0.1) is 0 Å². The number of carbonyl (C=O) groups is 2. The van der Waals surface area contributed by atoms with Gasteiger partial charge in [-0.05, 0) is 63.5 Å². The van der Waals surface area contributed by atoms with E-state index in [1.54, 1.807) is 71.6 Å². The molecule has 0 fully saturated rings. The summed E-state index contributed by atoms with van der Waals surface area (Å²) in [6, 6.07) is 1.67. The molecule has 2 aromatic heterocycles. The molecule has 2 aromatic rings. The molecular formula is C19H28BrN5O4. The van der Waals surface area contributed by atoms with Crippen LogP contribution in [0.15, 0.2) is 22.9 Å². The number of carbonyl (C=O) groups excluding carboxylic acids is 2. The number of hydrogen-bond donors (Lipinski definition) is 0. The summed E-state index contributed by atoms with van der Waals surface area (Å²) in [6.45, 7) is 11.2. The van der Waals surface area contributed by atoms with Crippen molar-refractivity contribution in [3.63, 3.8) is 0 Å². The van der Waals surface area contributed by atoms with E-state index >= 15 is 0 Å². The van der Waals surface area contributed by atoms with Crippen LogP contribution >= 0.6 is 15.9 Å². The molecule has 0 saturated carbocycles. The first kappa shape index (κ1) is 22.9. The van der Waals surface area contributed by atoms with Gasteiger partial charge in [-0.3, -0.25) is 4.90 Å². The van der Waals surface area contributed by atoms with Crippen molar-refractivity contribution in [2.45, 2.75) is 52.7 Å². The normalized spacial score (nSPS) is 12.0. The maximum absolute atomic E-state index is 12.8. The lowest BCUT2D eigenvalue weighted by molar-refractivity contribution is 0.0295. The summed E-state index contributed by atoms with van der Waals surface area (Å²) in [6.07, 6.45) is 2.31. The largest absolute Gasteiger partial charge is 0.444 e. The summed E-state index contributed by atoms with van der Waals surface area (Å²) in [7, 11) is 1.62. The Bertz CT molecular complexity index is 885. The standard InChI is InChI=1S/C19H28BrN5O4/c1-18(2,3)28-16(26)23(7)10-11-24(17(27)29-19(4,5)6)14-8-9-25-15(22-14)13(20)12-21-25/h8-9,12H,10-11H2,1-7H3. The van der Waals surface area contributed by atoms with E-state index in [0.717, 1.165) is 0 Å². The smallest absolute Gasteiger partial charge is 0.416 e. The predicted octanol–water partition coefficient (Wildman–Crippen LogP) is 4.10. The van der Waals surface area contributed by atoms with Crippen molar-refractivity contribution in [3.05, 3.63) is 22.9 Å². The van der Waals surface area contributed by atoms with Crippen LogP contribution in [0.1, 0.15) is 41.5 Å². The quantitative estimate of drug-likeness (QED) is 0.669. The number of hydrogen-bond acceptors (Lipinski definition) is 6. The first-order valence-corrected chi connectivity index (χ1v) is 10.0. The van der Waals surface area contributed by atoms with Crippen LogP contribution in [0.25, 0.3) is 5.65 Å². The molecule has 0 atom stereocenters. The van der Waals surface area contributed by atoms with Crippen LogP contribution in [-0.2, 0) is 9.47 Å². The predicted molar refractivity (Wildman–Crippen MR) is 113 cm³/mol. The van der Waals surface area contributed by atoms with Crippen LogP contribution < -0.4 is 4.90 Å². The zero-order valence-corrected chi connectivity index (χ0v) is 19.5. The maximum atomic E-state index is 12.8. The Kier molecular flexibility index (Phi) is 6.77. The average molecular weight is 470 g/mol. The van der Waals surface area contributed by atoms with Gasteiger partial charge < -0.3 is 14.4 Å². The fourth-order valence-corrected chi connectivity index (χ4v) is 2.64. The fourth-order valence-electron chi connectivity index (χ4n) is 2.28. The topological polar surface area (TPSA) is 89.3 Å². The van der Waals surface area contributed by atoms with Crippen LogP contribution in [0.3, 0.4) is 0 Å². The van der Waals surface area contributed by atoms with Crippen molar-refractivity contribution in [3.8, 4) is 0 Å². The number of fused-ring (bicyclic) bond motifs is 1. The fraction of sp³-hybridized carbons (Fsp3) is 0.579. The zero-order valence-electron chi connectivity index (χ0n) is 17.9. The molecule has 0 spiro atoms. The molecule has 0 aliphatic rings. The minimum absolute atomic E-state index is 0.180. The van der Waals surface area contributed by atoms with E-state index in [4.69, 9.17) is 9.47 Å². The Morgan fingerprint density at radius 1 is 1.07 bits per heavy atom. The van der Waals surface area contributed by atoms with E-state index in [-0.39, 0.29) is 13.1 Å². The molecule has 0 N–H and O–H groups in total. The van der Waals surface area contributed by atoms with Gasteiger partial charge in [0.15, 0.2) is 5.65 Å². The van der Waals surface area contributed by atoms with E-state index in [1.165, 1.54) is 9.80 Å². The Hall–Kier alpha value is -2.36. The van der Waals surface area contributed by atoms with Gasteiger partial charge in [-0.15, -0.1) is 0 Å². The summed E-state index contributed by atoms with van der Waals surface area (Å²) in [5, 5.41) is 4.16. The average Bonchev–Trinajstić information content (AvgIpc) is 2.92. The second-order valence-corrected chi connectivity index (χ2v) is 9.43. The molecule has 2 heterocycles. The third-order valence-electron chi connectivity index (χ3n) is 3.57. The highest BCUT2D eigenvalue weighted by atomic mass is 79.9. The monoisotopic (exact) mass is 469 g/mol. The van der Waals surface area contributed by atoms with E-state index in [9.17, 15) is 9.59 Å². The van der Waals surface area contributed by atoms with Crippen LogP contribution in [0.2, 0.25) is 0 Å². The molecule has 0 saturated heterocycles. The molecule has 0 aromatic carbocycles. The molecule has 0 radical (unpaired) electrons. The lowest BCUT2D eigenvalue weighted by atomic mass is 10.2. The number of likely N-dealkylation sites (N-methyl/N-ethyl adjacent to an activating group) is 1. The molecular weight excluding hydrogens is 442 g/mol. The van der Waals surface area contributed by atoms with E-state index in [1.807, 2.05) is 0 Å². The van der Waals surface area contributed by atoms with Crippen molar-refractivity contribution in [2.75, 3.05) is 25.0 Å². The molecule has 0 aliphatic carbocycles. The number of nitrogens with zero attached hydrogens (tertiary/aromatic N) is 5. The van der Waals surface area contributed by atoms with Crippen LogP contribution in [-0.4, -0.2) is 63.0 Å². The van der Waals surface area contributed by atoms with Crippen molar-refractivity contribution in [2.24, 2.45) is 0 Å². The van der Waals surface area contributed by atoms with Crippen molar-refractivity contribution in [1.82, 2.24) is 19.5 Å². The number of anilines is 1. The lowest BCUT2D eigenvalue weighted by Gasteiger charge is -2.29. The molecule has 10 heteroatoms. The van der Waals surface area contributed by atoms with Gasteiger partial charge in [-0.25, -0.2) is 19.1 Å². The third-order valence-corrected chi connectivity index (χ3v) is 4.13. The zero-order chi connectivity index (χ0) is 22.0. The maximum Gasteiger partial charge on any atom is 0.416 e. The molecule has 0 unspecified atom stereocenters. The number of halogens is 1. The first-order chi connectivity index (χ1) is 13.3. The Morgan fingerprint density at radius 2 is 1.66 bits per heavy atom. The van der Waals surface area contributed by atoms with Crippen LogP contribution in [0.4, 0.5) is 15.4 Å². The summed E-state index contributed by atoms with van der Waals surface area (Å²) in [4.78, 5) is 32.4. The summed E-state index contributed by atoms with van der Waals surface area (Å²) in [5.74, 6) is 0.394. The van der Waals surface area contributed by atoms with Gasteiger partial charge >= 0.3 is 12.2 Å². The molecule has 0 bridgehead atoms. The third kappa shape index (κ3) is 6.59. The van der Waals surface area contributed by atoms with Crippen molar-refractivity contribution >= 4 is 39.6 Å². The molecule has 160 valence electrons. The number of amides is 2. The van der Waals surface area contributed by atoms with Crippen molar-refractivity contribution in [1.29, 1.82) is 0 Å². The first-order valence-electron chi connectivity index (χ1n) is 9.21. The highest BCUT2D eigenvalue weighted by molar-refractivity contribution is 9.10. The number of ether oxygens (including phenoxy) is 2. The minimum Gasteiger partial charge on any atom is -0.444 e. The van der Waals surface area contributed by atoms with Crippen LogP contribution in [0.5, 0.6) is 0 Å². The minimum atomic E-state index is -0.673. The van der Waals surface area contributed by atoms with Gasteiger partial charge in [0.25, 0.3) is 0 Å². The van der Waals surface area contributed by atoms with E-state index in [2.05, 4.69) is 26.0 Å². The highest BCUT2D eigenvalue weighted by Gasteiger charge is 2.26. The summed E-state index contributed by atoms with van der Waals surface area (Å²) < 4.78 is 13.2. The van der Waals surface area contributed by atoms with Gasteiger partial charge in [0.05, 0.1) is 10.7 Å². The second kappa shape index (κ2) is 8.56. The highest BCUT2D eigenvalue weighted by Crippen LogP contribution is 2.21. The molecule has 9 nitrogen and oxygen atoms in total. The van der Waals surface area contributed by atoms with Gasteiger partial charge in [0.2, 0.25) is 0 Å². The molecule has 0 aliphatic heterocycles. The molecule has 29 heavy (non-hydrogen) atoms. The summed E-state index contributed by atoms with van der Waals surface area (Å²) in [5.41, 5.74) is -0.707. The summed E-state index contributed by atoms with van der Waals surface area (Å²) >= 11 is 3.40.